The van der Waals surface area contributed by atoms with Crippen molar-refractivity contribution >= 4 is 11.6 Å². The molecule has 2 aromatic heterocycles. The fourth-order valence-electron chi connectivity index (χ4n) is 5.20. The maximum atomic E-state index is 13.8. The van der Waals surface area contributed by atoms with Gasteiger partial charge in [0.25, 0.3) is 5.91 Å². The third-order valence-electron chi connectivity index (χ3n) is 6.90. The van der Waals surface area contributed by atoms with E-state index in [1.807, 2.05) is 65.4 Å². The minimum absolute atomic E-state index is 0.0313. The fourth-order valence-corrected chi connectivity index (χ4v) is 5.20. The topological polar surface area (TPSA) is 68.4 Å². The van der Waals surface area contributed by atoms with Crippen LogP contribution in [-0.2, 0) is 20.0 Å². The van der Waals surface area contributed by atoms with E-state index in [9.17, 15) is 4.79 Å². The number of aromatic nitrogens is 4. The van der Waals surface area contributed by atoms with Gasteiger partial charge in [-0.05, 0) is 24.1 Å². The zero-order chi connectivity index (χ0) is 23.9. The van der Waals surface area contributed by atoms with Crippen LogP contribution in [-0.4, -0.2) is 63.2 Å². The normalized spacial score (nSPS) is 17.5. The van der Waals surface area contributed by atoms with E-state index in [1.54, 1.807) is 4.68 Å². The van der Waals surface area contributed by atoms with E-state index in [4.69, 9.17) is 9.84 Å². The van der Waals surface area contributed by atoms with Crippen molar-refractivity contribution in [1.29, 1.82) is 0 Å². The number of fused-ring (bicyclic) bond motifs is 2. The quantitative estimate of drug-likeness (QED) is 0.460. The first-order chi connectivity index (χ1) is 17.1. The molecule has 0 unspecified atom stereocenters. The van der Waals surface area contributed by atoms with Gasteiger partial charge in [0.2, 0.25) is 0 Å². The van der Waals surface area contributed by atoms with Crippen LogP contribution in [0.15, 0.2) is 67.0 Å². The Balaban J connectivity index is 1.34. The molecule has 0 bridgehead atoms. The molecule has 2 aliphatic rings. The van der Waals surface area contributed by atoms with E-state index < -0.39 is 0 Å². The maximum Gasteiger partial charge on any atom is 0.275 e. The Morgan fingerprint density at radius 3 is 2.66 bits per heavy atom. The van der Waals surface area contributed by atoms with Crippen LogP contribution in [0.25, 0.3) is 11.3 Å². The molecule has 0 radical (unpaired) electrons. The van der Waals surface area contributed by atoms with Crippen LogP contribution >= 0.6 is 0 Å². The van der Waals surface area contributed by atoms with Gasteiger partial charge in [-0.1, -0.05) is 42.5 Å². The second-order valence-corrected chi connectivity index (χ2v) is 9.28. The average Bonchev–Trinajstić information content (AvgIpc) is 3.41. The number of carbonyl (C=O) groups excluding carboxylic acids is 1. The van der Waals surface area contributed by atoms with Gasteiger partial charge in [-0.25, -0.2) is 0 Å². The van der Waals surface area contributed by atoms with Crippen LogP contribution in [0.3, 0.4) is 0 Å². The molecule has 1 amide bonds. The summed E-state index contributed by atoms with van der Waals surface area (Å²) in [5, 5.41) is 9.25. The zero-order valence-corrected chi connectivity index (χ0v) is 20.0. The van der Waals surface area contributed by atoms with Crippen LogP contribution in [0.1, 0.15) is 21.6 Å². The molecule has 2 aromatic carbocycles. The summed E-state index contributed by atoms with van der Waals surface area (Å²) in [6.45, 7) is 2.39. The van der Waals surface area contributed by atoms with Crippen LogP contribution < -0.4 is 9.64 Å². The van der Waals surface area contributed by atoms with Crippen LogP contribution in [0, 0.1) is 0 Å². The molecule has 8 heteroatoms. The van der Waals surface area contributed by atoms with Crippen molar-refractivity contribution < 1.29 is 9.53 Å². The zero-order valence-electron chi connectivity index (χ0n) is 20.0. The van der Waals surface area contributed by atoms with Crippen LogP contribution in [0.5, 0.6) is 5.75 Å². The van der Waals surface area contributed by atoms with Gasteiger partial charge in [0, 0.05) is 44.5 Å². The summed E-state index contributed by atoms with van der Waals surface area (Å²) in [6.07, 6.45) is 4.58. The van der Waals surface area contributed by atoms with Gasteiger partial charge >= 0.3 is 0 Å². The van der Waals surface area contributed by atoms with Crippen LogP contribution in [0.2, 0.25) is 0 Å². The standard InChI is InChI=1S/C27H28N6O2/c1-30-17-21(18-35-24-11-7-6-10-23(24)30)32-13-12-22-25(27(32)34)29-33(15-19-8-4-3-5-9-19)26(22)20-14-28-31(2)16-20/h3-11,14,16,21H,12-13,15,17-18H2,1-2H3/t21-/m0/s1. The van der Waals surface area contributed by atoms with Crippen LogP contribution in [0.4, 0.5) is 5.69 Å². The largest absolute Gasteiger partial charge is 0.489 e. The summed E-state index contributed by atoms with van der Waals surface area (Å²) >= 11 is 0. The van der Waals surface area contributed by atoms with E-state index in [-0.39, 0.29) is 11.9 Å². The summed E-state index contributed by atoms with van der Waals surface area (Å²) in [5.74, 6) is 0.824. The summed E-state index contributed by atoms with van der Waals surface area (Å²) < 4.78 is 9.88. The molecular weight excluding hydrogens is 440 g/mol. The predicted molar refractivity (Wildman–Crippen MR) is 134 cm³/mol. The Morgan fingerprint density at radius 1 is 1.06 bits per heavy atom. The maximum absolute atomic E-state index is 13.8. The molecule has 1 atom stereocenters. The number of amides is 1. The lowest BCUT2D eigenvalue weighted by Gasteiger charge is -2.34. The first-order valence-electron chi connectivity index (χ1n) is 11.9. The molecule has 0 N–H and O–H groups in total. The molecule has 0 spiro atoms. The summed E-state index contributed by atoms with van der Waals surface area (Å²) in [7, 11) is 3.96. The third-order valence-corrected chi connectivity index (χ3v) is 6.90. The van der Waals surface area contributed by atoms with E-state index in [2.05, 4.69) is 35.2 Å². The second-order valence-electron chi connectivity index (χ2n) is 9.28. The van der Waals surface area contributed by atoms with Gasteiger partial charge in [-0.3, -0.25) is 14.2 Å². The van der Waals surface area contributed by atoms with E-state index in [1.165, 1.54) is 0 Å². The van der Waals surface area contributed by atoms with Gasteiger partial charge in [0.15, 0.2) is 5.69 Å². The molecule has 6 rings (SSSR count). The number of anilines is 1. The lowest BCUT2D eigenvalue weighted by Crippen LogP contribution is -2.51. The predicted octanol–water partition coefficient (Wildman–Crippen LogP) is 3.23. The lowest BCUT2D eigenvalue weighted by atomic mass is 9.99. The van der Waals surface area contributed by atoms with Crippen molar-refractivity contribution in [2.45, 2.75) is 19.0 Å². The molecule has 2 aliphatic heterocycles. The van der Waals surface area contributed by atoms with Crippen molar-refractivity contribution in [3.8, 4) is 17.0 Å². The number of hydrogen-bond acceptors (Lipinski definition) is 5. The molecule has 4 heterocycles. The monoisotopic (exact) mass is 468 g/mol. The molecule has 0 fully saturated rings. The second kappa shape index (κ2) is 8.61. The summed E-state index contributed by atoms with van der Waals surface area (Å²) in [4.78, 5) is 17.9. The van der Waals surface area contributed by atoms with Gasteiger partial charge in [0.1, 0.15) is 12.4 Å². The highest BCUT2D eigenvalue weighted by atomic mass is 16.5. The number of likely N-dealkylation sites (N-methyl/N-ethyl adjacent to an activating group) is 1. The number of ether oxygens (including phenoxy) is 1. The first kappa shape index (κ1) is 21.5. The summed E-state index contributed by atoms with van der Waals surface area (Å²) in [6, 6.07) is 18.2. The highest BCUT2D eigenvalue weighted by Crippen LogP contribution is 2.34. The number of benzene rings is 2. The molecule has 0 saturated carbocycles. The minimum Gasteiger partial charge on any atom is -0.489 e. The highest BCUT2D eigenvalue weighted by Gasteiger charge is 2.37. The molecule has 0 saturated heterocycles. The third kappa shape index (κ3) is 3.84. The van der Waals surface area contributed by atoms with Crippen molar-refractivity contribution in [3.63, 3.8) is 0 Å². The lowest BCUT2D eigenvalue weighted by molar-refractivity contribution is 0.0604. The fraction of sp³-hybridized carbons (Fsp3) is 0.296. The molecule has 8 nitrogen and oxygen atoms in total. The minimum atomic E-state index is -0.0610. The van der Waals surface area contributed by atoms with Gasteiger partial charge in [-0.15, -0.1) is 0 Å². The highest BCUT2D eigenvalue weighted by molar-refractivity contribution is 5.97. The molecule has 178 valence electrons. The van der Waals surface area contributed by atoms with Crippen molar-refractivity contribution in [2.24, 2.45) is 7.05 Å². The number of para-hydroxylation sites is 2. The Bertz CT molecular complexity index is 1380. The number of aryl methyl sites for hydroxylation is 1. The van der Waals surface area contributed by atoms with Crippen molar-refractivity contribution in [3.05, 3.63) is 83.8 Å². The summed E-state index contributed by atoms with van der Waals surface area (Å²) in [5.41, 5.74) is 5.68. The Kier molecular flexibility index (Phi) is 5.28. The number of carbonyl (C=O) groups is 1. The number of hydrogen-bond donors (Lipinski definition) is 0. The van der Waals surface area contributed by atoms with Crippen molar-refractivity contribution in [1.82, 2.24) is 24.5 Å². The first-order valence-corrected chi connectivity index (χ1v) is 11.9. The van der Waals surface area contributed by atoms with Gasteiger partial charge < -0.3 is 14.5 Å². The molecule has 4 aromatic rings. The van der Waals surface area contributed by atoms with E-state index in [0.717, 1.165) is 40.2 Å². The Labute approximate surface area is 204 Å². The van der Waals surface area contributed by atoms with E-state index >= 15 is 0 Å². The molecule has 35 heavy (non-hydrogen) atoms. The van der Waals surface area contributed by atoms with E-state index in [0.29, 0.717) is 31.9 Å². The van der Waals surface area contributed by atoms with Gasteiger partial charge in [-0.2, -0.15) is 10.2 Å². The average molecular weight is 469 g/mol. The van der Waals surface area contributed by atoms with Crippen molar-refractivity contribution in [2.75, 3.05) is 31.6 Å². The Morgan fingerprint density at radius 2 is 1.86 bits per heavy atom. The molecule has 0 aliphatic carbocycles. The smallest absolute Gasteiger partial charge is 0.275 e. The number of rotatable bonds is 4. The molecular formula is C27H28N6O2. The number of nitrogens with zero attached hydrogens (tertiary/aromatic N) is 6. The van der Waals surface area contributed by atoms with Gasteiger partial charge in [0.05, 0.1) is 30.2 Å². The SMILES string of the molecule is CN1C[C@H](N2CCc3c(nn(Cc4ccccc4)c3-c3cnn(C)c3)C2=O)COc2ccccc21. The Hall–Kier alpha value is -4.07.